The maximum atomic E-state index is 11.3. The summed E-state index contributed by atoms with van der Waals surface area (Å²) in [7, 11) is 0. The van der Waals surface area contributed by atoms with Gasteiger partial charge in [-0.05, 0) is 32.9 Å². The van der Waals surface area contributed by atoms with Gasteiger partial charge < -0.3 is 5.21 Å². The van der Waals surface area contributed by atoms with Crippen molar-refractivity contribution in [2.45, 2.75) is 20.8 Å². The van der Waals surface area contributed by atoms with Crippen LogP contribution < -0.4 is 5.43 Å². The van der Waals surface area contributed by atoms with Gasteiger partial charge in [0.2, 0.25) is 0 Å². The standard InChI is InChI=1S/C9H13N3O2/c1-6-4-5-7(2)12(6)10-9(13)8(3)11-14/h4-5,14H,1-3H3,(H,10,13)/b11-8+. The molecule has 1 aromatic rings. The average Bonchev–Trinajstić information content (AvgIpc) is 2.48. The molecular formula is C9H13N3O2. The Balaban J connectivity index is 2.84. The van der Waals surface area contributed by atoms with Crippen LogP contribution in [-0.2, 0) is 4.79 Å². The van der Waals surface area contributed by atoms with E-state index in [1.165, 1.54) is 6.92 Å². The lowest BCUT2D eigenvalue weighted by Crippen LogP contribution is -2.29. The first-order valence-electron chi connectivity index (χ1n) is 4.21. The van der Waals surface area contributed by atoms with Crippen LogP contribution in [0.3, 0.4) is 0 Å². The predicted molar refractivity (Wildman–Crippen MR) is 53.2 cm³/mol. The lowest BCUT2D eigenvalue weighted by Gasteiger charge is -2.09. The minimum atomic E-state index is -0.421. The van der Waals surface area contributed by atoms with Crippen molar-refractivity contribution >= 4 is 11.6 Å². The minimum Gasteiger partial charge on any atom is -0.410 e. The summed E-state index contributed by atoms with van der Waals surface area (Å²) in [6, 6.07) is 3.78. The molecule has 0 unspecified atom stereocenters. The number of rotatable bonds is 2. The van der Waals surface area contributed by atoms with Gasteiger partial charge in [-0.2, -0.15) is 0 Å². The second-order valence-corrected chi connectivity index (χ2v) is 3.08. The Bertz CT molecular complexity index is 360. The first-order chi connectivity index (χ1) is 6.56. The van der Waals surface area contributed by atoms with Crippen molar-refractivity contribution < 1.29 is 10.0 Å². The van der Waals surface area contributed by atoms with Gasteiger partial charge >= 0.3 is 0 Å². The lowest BCUT2D eigenvalue weighted by molar-refractivity contribution is -0.111. The summed E-state index contributed by atoms with van der Waals surface area (Å²) in [5.74, 6) is -0.421. The highest BCUT2D eigenvalue weighted by atomic mass is 16.4. The zero-order valence-electron chi connectivity index (χ0n) is 8.40. The molecule has 1 rings (SSSR count). The molecule has 0 saturated carbocycles. The smallest absolute Gasteiger partial charge is 0.287 e. The Morgan fingerprint density at radius 1 is 1.43 bits per heavy atom. The third-order valence-electron chi connectivity index (χ3n) is 1.96. The van der Waals surface area contributed by atoms with Crippen molar-refractivity contribution in [1.29, 1.82) is 0 Å². The average molecular weight is 195 g/mol. The zero-order valence-corrected chi connectivity index (χ0v) is 8.40. The molecule has 0 atom stereocenters. The van der Waals surface area contributed by atoms with Crippen LogP contribution in [-0.4, -0.2) is 21.5 Å². The highest BCUT2D eigenvalue weighted by Crippen LogP contribution is 2.03. The van der Waals surface area contributed by atoms with Gasteiger partial charge in [-0.25, -0.2) is 0 Å². The molecule has 0 aliphatic rings. The number of hydrogen-bond acceptors (Lipinski definition) is 3. The molecule has 1 aromatic heterocycles. The summed E-state index contributed by atoms with van der Waals surface area (Å²) < 4.78 is 1.64. The molecule has 5 heteroatoms. The molecule has 5 nitrogen and oxygen atoms in total. The van der Waals surface area contributed by atoms with E-state index in [-0.39, 0.29) is 5.71 Å². The zero-order chi connectivity index (χ0) is 10.7. The van der Waals surface area contributed by atoms with E-state index in [2.05, 4.69) is 10.6 Å². The number of amides is 1. The number of aryl methyl sites for hydroxylation is 2. The van der Waals surface area contributed by atoms with E-state index in [1.807, 2.05) is 26.0 Å². The van der Waals surface area contributed by atoms with Crippen molar-refractivity contribution in [3.8, 4) is 0 Å². The lowest BCUT2D eigenvalue weighted by atomic mass is 10.4. The van der Waals surface area contributed by atoms with Crippen molar-refractivity contribution in [3.63, 3.8) is 0 Å². The largest absolute Gasteiger partial charge is 0.410 e. The van der Waals surface area contributed by atoms with Crippen LogP contribution in [0.15, 0.2) is 17.3 Å². The Morgan fingerprint density at radius 3 is 2.36 bits per heavy atom. The van der Waals surface area contributed by atoms with E-state index in [0.29, 0.717) is 0 Å². The van der Waals surface area contributed by atoms with Gasteiger partial charge in [-0.3, -0.25) is 14.9 Å². The number of nitrogens with zero attached hydrogens (tertiary/aromatic N) is 2. The molecule has 1 amide bonds. The van der Waals surface area contributed by atoms with Gasteiger partial charge in [0.05, 0.1) is 0 Å². The summed E-state index contributed by atoms with van der Waals surface area (Å²) in [5, 5.41) is 11.2. The second kappa shape index (κ2) is 3.95. The molecule has 2 N–H and O–H groups in total. The summed E-state index contributed by atoms with van der Waals surface area (Å²) in [6.45, 7) is 5.18. The fourth-order valence-electron chi connectivity index (χ4n) is 1.07. The van der Waals surface area contributed by atoms with E-state index in [1.54, 1.807) is 4.68 Å². The molecule has 0 radical (unpaired) electrons. The highest BCUT2D eigenvalue weighted by molar-refractivity contribution is 6.40. The summed E-state index contributed by atoms with van der Waals surface area (Å²) in [6.07, 6.45) is 0. The van der Waals surface area contributed by atoms with E-state index in [9.17, 15) is 4.79 Å². The fourth-order valence-corrected chi connectivity index (χ4v) is 1.07. The third-order valence-corrected chi connectivity index (χ3v) is 1.96. The Labute approximate surface area is 82.0 Å². The molecule has 1 heterocycles. The first kappa shape index (κ1) is 10.3. The van der Waals surface area contributed by atoms with E-state index in [4.69, 9.17) is 5.21 Å². The number of carbonyl (C=O) groups is 1. The molecule has 0 aromatic carbocycles. The van der Waals surface area contributed by atoms with E-state index < -0.39 is 5.91 Å². The number of aromatic nitrogens is 1. The molecule has 0 spiro atoms. The molecule has 14 heavy (non-hydrogen) atoms. The SMILES string of the molecule is C/C(=N\O)C(=O)Nn1c(C)ccc1C. The topological polar surface area (TPSA) is 66.6 Å². The number of oxime groups is 1. The molecular weight excluding hydrogens is 182 g/mol. The summed E-state index contributed by atoms with van der Waals surface area (Å²) in [4.78, 5) is 11.3. The molecule has 0 fully saturated rings. The van der Waals surface area contributed by atoms with Crippen molar-refractivity contribution in [2.24, 2.45) is 5.16 Å². The third kappa shape index (κ3) is 1.93. The van der Waals surface area contributed by atoms with Crippen LogP contribution in [0, 0.1) is 13.8 Å². The Hall–Kier alpha value is -1.78. The van der Waals surface area contributed by atoms with Gasteiger partial charge in [0.15, 0.2) is 0 Å². The Kier molecular flexibility index (Phi) is 2.91. The molecule has 0 saturated heterocycles. The van der Waals surface area contributed by atoms with Crippen LogP contribution in [0.2, 0.25) is 0 Å². The van der Waals surface area contributed by atoms with Gasteiger partial charge in [0.25, 0.3) is 5.91 Å². The molecule has 0 aliphatic heterocycles. The van der Waals surface area contributed by atoms with Crippen molar-refractivity contribution in [1.82, 2.24) is 4.68 Å². The van der Waals surface area contributed by atoms with E-state index >= 15 is 0 Å². The summed E-state index contributed by atoms with van der Waals surface area (Å²) >= 11 is 0. The maximum absolute atomic E-state index is 11.3. The van der Waals surface area contributed by atoms with Crippen molar-refractivity contribution in [3.05, 3.63) is 23.5 Å². The normalized spacial score (nSPS) is 11.5. The van der Waals surface area contributed by atoms with E-state index in [0.717, 1.165) is 11.4 Å². The van der Waals surface area contributed by atoms with Crippen LogP contribution in [0.4, 0.5) is 0 Å². The maximum Gasteiger partial charge on any atom is 0.287 e. The van der Waals surface area contributed by atoms with Gasteiger partial charge in [0.1, 0.15) is 5.71 Å². The van der Waals surface area contributed by atoms with Crippen LogP contribution in [0.1, 0.15) is 18.3 Å². The van der Waals surface area contributed by atoms with Gasteiger partial charge in [-0.1, -0.05) is 5.16 Å². The van der Waals surface area contributed by atoms with Crippen LogP contribution in [0.5, 0.6) is 0 Å². The van der Waals surface area contributed by atoms with Gasteiger partial charge in [-0.15, -0.1) is 0 Å². The van der Waals surface area contributed by atoms with Crippen LogP contribution >= 0.6 is 0 Å². The van der Waals surface area contributed by atoms with Gasteiger partial charge in [0, 0.05) is 11.4 Å². The highest BCUT2D eigenvalue weighted by Gasteiger charge is 2.08. The molecule has 0 aliphatic carbocycles. The first-order valence-corrected chi connectivity index (χ1v) is 4.21. The summed E-state index contributed by atoms with van der Waals surface area (Å²) in [5.41, 5.74) is 4.46. The van der Waals surface area contributed by atoms with Crippen LogP contribution in [0.25, 0.3) is 0 Å². The number of nitrogens with one attached hydrogen (secondary N) is 1. The number of hydrogen-bond donors (Lipinski definition) is 2. The monoisotopic (exact) mass is 195 g/mol. The Morgan fingerprint density at radius 2 is 1.93 bits per heavy atom. The second-order valence-electron chi connectivity index (χ2n) is 3.08. The fraction of sp³-hybridized carbons (Fsp3) is 0.333. The van der Waals surface area contributed by atoms with Crippen molar-refractivity contribution in [2.75, 3.05) is 5.43 Å². The predicted octanol–water partition coefficient (Wildman–Crippen LogP) is 1.03. The number of carbonyl (C=O) groups excluding carboxylic acids is 1. The molecule has 0 bridgehead atoms. The minimum absolute atomic E-state index is 0.0255. The quantitative estimate of drug-likeness (QED) is 0.420. The molecule has 76 valence electrons.